The summed E-state index contributed by atoms with van der Waals surface area (Å²) < 4.78 is 78.7. The molecule has 4 rings (SSSR count). The second-order valence-corrected chi connectivity index (χ2v) is 7.35. The number of aromatic nitrogens is 4. The molecule has 0 spiro atoms. The van der Waals surface area contributed by atoms with E-state index in [1.165, 1.54) is 31.3 Å². The van der Waals surface area contributed by atoms with Crippen molar-refractivity contribution in [1.29, 1.82) is 0 Å². The van der Waals surface area contributed by atoms with Crippen molar-refractivity contribution in [2.75, 3.05) is 5.32 Å². The first-order valence-electron chi connectivity index (χ1n) is 9.89. The maximum absolute atomic E-state index is 13.3. The van der Waals surface area contributed by atoms with Crippen molar-refractivity contribution in [1.82, 2.24) is 20.0 Å². The van der Waals surface area contributed by atoms with Gasteiger partial charge in [-0.1, -0.05) is 12.1 Å². The van der Waals surface area contributed by atoms with Crippen LogP contribution in [0.3, 0.4) is 0 Å². The number of nitrogens with one attached hydrogen (secondary N) is 1. The molecule has 35 heavy (non-hydrogen) atoms. The highest BCUT2D eigenvalue weighted by Gasteiger charge is 2.32. The third-order valence-corrected chi connectivity index (χ3v) is 4.45. The van der Waals surface area contributed by atoms with Crippen LogP contribution in [0.1, 0.15) is 34.8 Å². The number of carbonyl (C=O) groups is 1. The summed E-state index contributed by atoms with van der Waals surface area (Å²) in [5.41, 5.74) is -0.0791. The zero-order valence-electron chi connectivity index (χ0n) is 18.1. The Morgan fingerprint density at radius 1 is 1.14 bits per heavy atom. The number of benzene rings is 1. The number of oxazole rings is 1. The van der Waals surface area contributed by atoms with E-state index in [0.29, 0.717) is 6.92 Å². The zero-order chi connectivity index (χ0) is 25.4. The highest BCUT2D eigenvalue weighted by atomic mass is 19.4. The minimum absolute atomic E-state index is 0.00311. The lowest BCUT2D eigenvalue weighted by atomic mass is 10.1. The van der Waals surface area contributed by atoms with Crippen LogP contribution in [0.4, 0.5) is 27.8 Å². The minimum atomic E-state index is -4.89. The number of halogens is 5. The van der Waals surface area contributed by atoms with E-state index in [1.807, 2.05) is 0 Å². The molecule has 1 aromatic carbocycles. The van der Waals surface area contributed by atoms with Crippen molar-refractivity contribution in [3.8, 4) is 17.1 Å². The highest BCUT2D eigenvalue weighted by molar-refractivity contribution is 6.06. The average Bonchev–Trinajstić information content (AvgIpc) is 3.47. The fourth-order valence-corrected chi connectivity index (χ4v) is 3.06. The summed E-state index contributed by atoms with van der Waals surface area (Å²) in [7, 11) is 0. The zero-order valence-corrected chi connectivity index (χ0v) is 18.1. The van der Waals surface area contributed by atoms with Crippen LogP contribution in [0.2, 0.25) is 0 Å². The van der Waals surface area contributed by atoms with Crippen LogP contribution in [0, 0.1) is 6.92 Å². The molecule has 0 saturated heterocycles. The van der Waals surface area contributed by atoms with Gasteiger partial charge in [0.05, 0.1) is 6.20 Å². The van der Waals surface area contributed by atoms with Crippen LogP contribution >= 0.6 is 0 Å². The van der Waals surface area contributed by atoms with Gasteiger partial charge in [0, 0.05) is 19.4 Å². The maximum atomic E-state index is 13.3. The third kappa shape index (κ3) is 5.83. The number of rotatable bonds is 7. The van der Waals surface area contributed by atoms with Crippen LogP contribution in [0.5, 0.6) is 5.75 Å². The number of carbonyl (C=O) groups excluding carboxylic acids is 1. The second-order valence-electron chi connectivity index (χ2n) is 7.35. The molecule has 0 bridgehead atoms. The van der Waals surface area contributed by atoms with Gasteiger partial charge in [0.15, 0.2) is 28.9 Å². The molecule has 0 saturated carbocycles. The van der Waals surface area contributed by atoms with Gasteiger partial charge in [0.1, 0.15) is 18.1 Å². The van der Waals surface area contributed by atoms with Gasteiger partial charge in [-0.25, -0.2) is 4.98 Å². The summed E-state index contributed by atoms with van der Waals surface area (Å²) in [6, 6.07) is 7.38. The first-order chi connectivity index (χ1) is 16.4. The van der Waals surface area contributed by atoms with Crippen LogP contribution in [0.25, 0.3) is 11.3 Å². The van der Waals surface area contributed by atoms with Crippen molar-refractivity contribution in [2.24, 2.45) is 0 Å². The van der Waals surface area contributed by atoms with E-state index in [-0.39, 0.29) is 41.0 Å². The van der Waals surface area contributed by atoms with Crippen molar-refractivity contribution >= 4 is 11.7 Å². The predicted octanol–water partition coefficient (Wildman–Crippen LogP) is 5.15. The SMILES string of the molecule is Cc1nc(C(=O)Nc2cnn(Cc3ccc(C(C)(F)F)o3)n2)c(-c2cccc(OC(F)(F)F)c2)o1. The summed E-state index contributed by atoms with van der Waals surface area (Å²) in [4.78, 5) is 17.9. The van der Waals surface area contributed by atoms with Crippen molar-refractivity contribution < 1.29 is 40.3 Å². The molecule has 0 unspecified atom stereocenters. The van der Waals surface area contributed by atoms with Crippen molar-refractivity contribution in [3.63, 3.8) is 0 Å². The molecule has 1 N–H and O–H groups in total. The smallest absolute Gasteiger partial charge is 0.458 e. The van der Waals surface area contributed by atoms with E-state index in [9.17, 15) is 26.7 Å². The molecular weight excluding hydrogens is 481 g/mol. The van der Waals surface area contributed by atoms with Crippen LogP contribution < -0.4 is 10.1 Å². The molecule has 0 radical (unpaired) electrons. The Morgan fingerprint density at radius 2 is 1.91 bits per heavy atom. The number of aryl methyl sites for hydroxylation is 1. The number of furan rings is 1. The first kappa shape index (κ1) is 23.9. The number of alkyl halides is 5. The molecule has 3 heterocycles. The fraction of sp³-hybridized carbons (Fsp3) is 0.238. The Bertz CT molecular complexity index is 1350. The van der Waals surface area contributed by atoms with Crippen LogP contribution in [-0.4, -0.2) is 32.2 Å². The van der Waals surface area contributed by atoms with E-state index in [0.717, 1.165) is 23.0 Å². The van der Waals surface area contributed by atoms with Gasteiger partial charge in [-0.2, -0.15) is 18.7 Å². The normalized spacial score (nSPS) is 12.1. The summed E-state index contributed by atoms with van der Waals surface area (Å²) in [6.07, 6.45) is -3.68. The molecule has 1 amide bonds. The van der Waals surface area contributed by atoms with Gasteiger partial charge in [0.2, 0.25) is 0 Å². The second kappa shape index (κ2) is 8.85. The first-order valence-corrected chi connectivity index (χ1v) is 9.89. The number of hydrogen-bond donors (Lipinski definition) is 1. The van der Waals surface area contributed by atoms with E-state index >= 15 is 0 Å². The van der Waals surface area contributed by atoms with Gasteiger partial charge in [-0.05, 0) is 24.3 Å². The lowest BCUT2D eigenvalue weighted by molar-refractivity contribution is -0.274. The van der Waals surface area contributed by atoms with Crippen LogP contribution in [0.15, 0.2) is 51.4 Å². The molecular formula is C21H16F5N5O4. The molecule has 9 nitrogen and oxygen atoms in total. The summed E-state index contributed by atoms with van der Waals surface area (Å²) >= 11 is 0. The highest BCUT2D eigenvalue weighted by Crippen LogP contribution is 2.31. The summed E-state index contributed by atoms with van der Waals surface area (Å²) in [6.45, 7) is 2.09. The Hall–Kier alpha value is -4.23. The van der Waals surface area contributed by atoms with Gasteiger partial charge in [-0.3, -0.25) is 4.79 Å². The Labute approximate surface area is 193 Å². The van der Waals surface area contributed by atoms with Crippen LogP contribution in [-0.2, 0) is 12.5 Å². The summed E-state index contributed by atoms with van der Waals surface area (Å²) in [5, 5.41) is 10.4. The third-order valence-electron chi connectivity index (χ3n) is 4.45. The number of nitrogens with zero attached hydrogens (tertiary/aromatic N) is 4. The molecule has 0 aliphatic heterocycles. The Balaban J connectivity index is 1.50. The standard InChI is InChI=1S/C21H16F5N5O4/c1-11-28-17(18(33-11)12-4-3-5-13(8-12)35-21(24,25)26)19(32)29-16-9-27-31(30-16)10-14-6-7-15(34-14)20(2,22)23/h3-9H,10H2,1-2H3,(H,29,30,32). The quantitative estimate of drug-likeness (QED) is 0.352. The van der Waals surface area contributed by atoms with Crippen molar-refractivity contribution in [3.05, 3.63) is 65.7 Å². The van der Waals surface area contributed by atoms with Gasteiger partial charge >= 0.3 is 12.3 Å². The van der Waals surface area contributed by atoms with Gasteiger partial charge in [0.25, 0.3) is 5.91 Å². The number of hydrogen-bond acceptors (Lipinski definition) is 7. The Morgan fingerprint density at radius 3 is 2.60 bits per heavy atom. The van der Waals surface area contributed by atoms with E-state index in [2.05, 4.69) is 25.2 Å². The molecule has 184 valence electrons. The average molecular weight is 497 g/mol. The summed E-state index contributed by atoms with van der Waals surface area (Å²) in [5.74, 6) is -4.72. The van der Waals surface area contributed by atoms with Gasteiger partial charge in [-0.15, -0.1) is 18.3 Å². The molecule has 0 atom stereocenters. The Kier molecular flexibility index (Phi) is 6.05. The lowest BCUT2D eigenvalue weighted by Gasteiger charge is -2.09. The van der Waals surface area contributed by atoms with E-state index in [4.69, 9.17) is 8.83 Å². The predicted molar refractivity (Wildman–Crippen MR) is 109 cm³/mol. The molecule has 0 fully saturated rings. The topological polar surface area (TPSA) is 108 Å². The van der Waals surface area contributed by atoms with E-state index in [1.54, 1.807) is 0 Å². The number of anilines is 1. The molecule has 4 aromatic rings. The minimum Gasteiger partial charge on any atom is -0.458 e. The fourth-order valence-electron chi connectivity index (χ4n) is 3.06. The molecule has 14 heteroatoms. The molecule has 0 aliphatic rings. The lowest BCUT2D eigenvalue weighted by Crippen LogP contribution is -2.17. The number of ether oxygens (including phenoxy) is 1. The van der Waals surface area contributed by atoms with Crippen molar-refractivity contribution in [2.45, 2.75) is 32.7 Å². The van der Waals surface area contributed by atoms with E-state index < -0.39 is 29.7 Å². The maximum Gasteiger partial charge on any atom is 0.573 e. The number of amides is 1. The monoisotopic (exact) mass is 497 g/mol. The molecule has 3 aromatic heterocycles. The molecule has 0 aliphatic carbocycles. The largest absolute Gasteiger partial charge is 0.573 e. The van der Waals surface area contributed by atoms with Gasteiger partial charge < -0.3 is 18.9 Å².